The molecule has 0 unspecified atom stereocenters. The fourth-order valence-electron chi connectivity index (χ4n) is 3.71. The van der Waals surface area contributed by atoms with Crippen molar-refractivity contribution >= 4 is 35.6 Å². The SMILES string of the molecule is NCCCC[C@H](N)C(=O)N[C@@H](CO)C(=O)N[C@@H](Cc1ccccc1)C(=O)N[C@@H](CO)C(=O)N[C@@H](CCC(=O)O)C(=O)O. The summed E-state index contributed by atoms with van der Waals surface area (Å²) in [5.41, 5.74) is 11.9. The average Bonchev–Trinajstić information content (AvgIpc) is 2.96. The predicted octanol–water partition coefficient (Wildman–Crippen LogP) is -3.44. The quantitative estimate of drug-likeness (QED) is 0.0658. The summed E-state index contributed by atoms with van der Waals surface area (Å²) in [6, 6.07) is 1.36. The van der Waals surface area contributed by atoms with Crippen LogP contribution < -0.4 is 32.7 Å². The number of aliphatic carboxylic acids is 2. The van der Waals surface area contributed by atoms with Gasteiger partial charge in [0.2, 0.25) is 23.6 Å². The maximum atomic E-state index is 13.2. The second kappa shape index (κ2) is 19.1. The van der Waals surface area contributed by atoms with Crippen molar-refractivity contribution in [3.8, 4) is 0 Å². The third kappa shape index (κ3) is 13.0. The zero-order valence-corrected chi connectivity index (χ0v) is 23.0. The Bertz CT molecular complexity index is 1060. The molecule has 0 radical (unpaired) electrons. The highest BCUT2D eigenvalue weighted by molar-refractivity contribution is 5.95. The summed E-state index contributed by atoms with van der Waals surface area (Å²) in [4.78, 5) is 73.4. The molecule has 1 aromatic carbocycles. The smallest absolute Gasteiger partial charge is 0.326 e. The van der Waals surface area contributed by atoms with Crippen LogP contribution in [0.2, 0.25) is 0 Å². The molecular formula is C26H40N6O10. The fraction of sp³-hybridized carbons (Fsp3) is 0.538. The molecule has 234 valence electrons. The van der Waals surface area contributed by atoms with Gasteiger partial charge in [-0.2, -0.15) is 0 Å². The van der Waals surface area contributed by atoms with Gasteiger partial charge < -0.3 is 53.2 Å². The van der Waals surface area contributed by atoms with Gasteiger partial charge in [0.15, 0.2) is 0 Å². The number of aliphatic hydroxyl groups is 2. The second-order valence-corrected chi connectivity index (χ2v) is 9.46. The molecular weight excluding hydrogens is 556 g/mol. The van der Waals surface area contributed by atoms with E-state index in [4.69, 9.17) is 16.6 Å². The first-order chi connectivity index (χ1) is 19.9. The number of benzene rings is 1. The summed E-state index contributed by atoms with van der Waals surface area (Å²) >= 11 is 0. The Morgan fingerprint density at radius 2 is 1.19 bits per heavy atom. The largest absolute Gasteiger partial charge is 0.481 e. The zero-order chi connectivity index (χ0) is 31.7. The summed E-state index contributed by atoms with van der Waals surface area (Å²) in [6.07, 6.45) is 0.421. The molecule has 0 saturated heterocycles. The van der Waals surface area contributed by atoms with Crippen molar-refractivity contribution < 1.29 is 49.2 Å². The van der Waals surface area contributed by atoms with Crippen molar-refractivity contribution in [1.82, 2.24) is 21.3 Å². The molecule has 4 amide bonds. The number of carbonyl (C=O) groups excluding carboxylic acids is 4. The van der Waals surface area contributed by atoms with Gasteiger partial charge in [-0.3, -0.25) is 24.0 Å². The zero-order valence-electron chi connectivity index (χ0n) is 23.0. The Morgan fingerprint density at radius 3 is 1.69 bits per heavy atom. The number of nitrogens with one attached hydrogen (secondary N) is 4. The Balaban J connectivity index is 3.02. The molecule has 0 saturated carbocycles. The highest BCUT2D eigenvalue weighted by Crippen LogP contribution is 2.06. The summed E-state index contributed by atoms with van der Waals surface area (Å²) < 4.78 is 0. The van der Waals surface area contributed by atoms with Crippen molar-refractivity contribution in [3.05, 3.63) is 35.9 Å². The Morgan fingerprint density at radius 1 is 0.690 bits per heavy atom. The number of hydrogen-bond acceptors (Lipinski definition) is 10. The predicted molar refractivity (Wildman–Crippen MR) is 147 cm³/mol. The van der Waals surface area contributed by atoms with E-state index in [9.17, 15) is 44.1 Å². The van der Waals surface area contributed by atoms with Crippen LogP contribution in [0, 0.1) is 0 Å². The number of carboxylic acid groups (broad SMARTS) is 2. The Kier molecular flexibility index (Phi) is 16.3. The van der Waals surface area contributed by atoms with Gasteiger partial charge in [-0.25, -0.2) is 4.79 Å². The maximum absolute atomic E-state index is 13.2. The third-order valence-corrected chi connectivity index (χ3v) is 6.11. The van der Waals surface area contributed by atoms with E-state index >= 15 is 0 Å². The van der Waals surface area contributed by atoms with Gasteiger partial charge in [-0.1, -0.05) is 36.8 Å². The van der Waals surface area contributed by atoms with Crippen molar-refractivity contribution in [1.29, 1.82) is 0 Å². The van der Waals surface area contributed by atoms with Crippen LogP contribution in [0.1, 0.15) is 37.7 Å². The number of aliphatic hydroxyl groups excluding tert-OH is 2. The lowest BCUT2D eigenvalue weighted by Gasteiger charge is -2.25. The van der Waals surface area contributed by atoms with Crippen LogP contribution in [0.15, 0.2) is 30.3 Å². The van der Waals surface area contributed by atoms with E-state index in [1.54, 1.807) is 30.3 Å². The van der Waals surface area contributed by atoms with Gasteiger partial charge in [0, 0.05) is 12.8 Å². The molecule has 42 heavy (non-hydrogen) atoms. The first kappa shape index (κ1) is 35.9. The fourth-order valence-corrected chi connectivity index (χ4v) is 3.71. The second-order valence-electron chi connectivity index (χ2n) is 9.46. The van der Waals surface area contributed by atoms with Gasteiger partial charge in [-0.15, -0.1) is 0 Å². The molecule has 0 spiro atoms. The van der Waals surface area contributed by atoms with Crippen LogP contribution in [-0.2, 0) is 35.2 Å². The van der Waals surface area contributed by atoms with Gasteiger partial charge in [0.1, 0.15) is 24.2 Å². The summed E-state index contributed by atoms with van der Waals surface area (Å²) in [5.74, 6) is -6.47. The van der Waals surface area contributed by atoms with Gasteiger partial charge in [0.25, 0.3) is 0 Å². The van der Waals surface area contributed by atoms with Crippen LogP contribution in [0.4, 0.5) is 0 Å². The first-order valence-corrected chi connectivity index (χ1v) is 13.3. The average molecular weight is 597 g/mol. The summed E-state index contributed by atoms with van der Waals surface area (Å²) in [7, 11) is 0. The van der Waals surface area contributed by atoms with E-state index in [1.807, 2.05) is 0 Å². The third-order valence-electron chi connectivity index (χ3n) is 6.11. The molecule has 0 heterocycles. The van der Waals surface area contributed by atoms with Crippen LogP contribution in [0.5, 0.6) is 0 Å². The van der Waals surface area contributed by atoms with E-state index in [1.165, 1.54) is 0 Å². The number of carbonyl (C=O) groups is 6. The van der Waals surface area contributed by atoms with Crippen molar-refractivity contribution in [2.75, 3.05) is 19.8 Å². The van der Waals surface area contributed by atoms with Crippen molar-refractivity contribution in [3.63, 3.8) is 0 Å². The highest BCUT2D eigenvalue weighted by atomic mass is 16.4. The number of rotatable bonds is 20. The van der Waals surface area contributed by atoms with Crippen molar-refractivity contribution in [2.24, 2.45) is 11.5 Å². The minimum absolute atomic E-state index is 0.0980. The molecule has 0 aliphatic carbocycles. The van der Waals surface area contributed by atoms with Crippen LogP contribution in [-0.4, -0.2) is 106 Å². The van der Waals surface area contributed by atoms with E-state index in [2.05, 4.69) is 21.3 Å². The molecule has 0 bridgehead atoms. The number of hydrogen-bond donors (Lipinski definition) is 10. The molecule has 1 aromatic rings. The van der Waals surface area contributed by atoms with Crippen LogP contribution in [0.25, 0.3) is 0 Å². The minimum atomic E-state index is -1.65. The molecule has 5 atom stereocenters. The standard InChI is InChI=1S/C26H40N6O10/c27-11-5-4-8-16(28)22(37)31-19(13-33)25(40)30-18(12-15-6-2-1-3-7-15)23(38)32-20(14-34)24(39)29-17(26(41)42)9-10-21(35)36/h1-3,6-7,16-20,33-34H,4-5,8-14,27-28H2,(H,29,39)(H,30,40)(H,31,37)(H,32,38)(H,35,36)(H,41,42)/t16-,17-,18-,19-,20-/m0/s1. The molecule has 16 nitrogen and oxygen atoms in total. The number of amides is 4. The van der Waals surface area contributed by atoms with E-state index in [-0.39, 0.29) is 6.42 Å². The molecule has 1 rings (SSSR count). The molecule has 0 aromatic heterocycles. The van der Waals surface area contributed by atoms with E-state index in [0.29, 0.717) is 31.4 Å². The first-order valence-electron chi connectivity index (χ1n) is 13.3. The maximum Gasteiger partial charge on any atom is 0.326 e. The monoisotopic (exact) mass is 596 g/mol. The number of nitrogens with two attached hydrogens (primary N) is 2. The van der Waals surface area contributed by atoms with Crippen LogP contribution >= 0.6 is 0 Å². The lowest BCUT2D eigenvalue weighted by Crippen LogP contribution is -2.60. The Labute approximate surface area is 242 Å². The van der Waals surface area contributed by atoms with Crippen molar-refractivity contribution in [2.45, 2.75) is 68.7 Å². The topological polar surface area (TPSA) is 284 Å². The minimum Gasteiger partial charge on any atom is -0.481 e. The van der Waals surface area contributed by atoms with E-state index in [0.717, 1.165) is 0 Å². The molecule has 0 aliphatic heterocycles. The number of carboxylic acids is 2. The normalized spacial score (nSPS) is 14.4. The highest BCUT2D eigenvalue weighted by Gasteiger charge is 2.31. The van der Waals surface area contributed by atoms with Gasteiger partial charge in [0.05, 0.1) is 19.3 Å². The van der Waals surface area contributed by atoms with Gasteiger partial charge >= 0.3 is 11.9 Å². The summed E-state index contributed by atoms with van der Waals surface area (Å²) in [5, 5.41) is 46.6. The molecule has 0 fully saturated rings. The lowest BCUT2D eigenvalue weighted by atomic mass is 10.0. The van der Waals surface area contributed by atoms with Crippen LogP contribution in [0.3, 0.4) is 0 Å². The van der Waals surface area contributed by atoms with Gasteiger partial charge in [-0.05, 0) is 31.4 Å². The number of unbranched alkanes of at least 4 members (excludes halogenated alkanes) is 1. The molecule has 0 aliphatic rings. The Hall–Kier alpha value is -4.12. The van der Waals surface area contributed by atoms with E-state index < -0.39 is 91.8 Å². The molecule has 16 heteroatoms. The molecule has 12 N–H and O–H groups in total. The summed E-state index contributed by atoms with van der Waals surface area (Å²) in [6.45, 7) is -1.35. The lowest BCUT2D eigenvalue weighted by molar-refractivity contribution is -0.143.